The molecule has 0 radical (unpaired) electrons. The van der Waals surface area contributed by atoms with Crippen LogP contribution in [0.2, 0.25) is 5.02 Å². The van der Waals surface area contributed by atoms with Crippen molar-refractivity contribution in [3.63, 3.8) is 0 Å². The zero-order valence-electron chi connectivity index (χ0n) is 17.1. The van der Waals surface area contributed by atoms with Crippen LogP contribution in [0.3, 0.4) is 0 Å². The summed E-state index contributed by atoms with van der Waals surface area (Å²) in [5, 5.41) is 21.1. The van der Waals surface area contributed by atoms with Crippen molar-refractivity contribution < 1.29 is 9.31 Å². The Kier molecular flexibility index (Phi) is 5.62. The van der Waals surface area contributed by atoms with Gasteiger partial charge in [-0.15, -0.1) is 11.3 Å². The van der Waals surface area contributed by atoms with Crippen LogP contribution in [0.4, 0.5) is 15.2 Å². The van der Waals surface area contributed by atoms with Crippen molar-refractivity contribution in [1.82, 2.24) is 4.98 Å². The summed E-state index contributed by atoms with van der Waals surface area (Å²) in [6, 6.07) is 19.9. The Hall–Kier alpha value is -3.62. The number of nitrogens with zero attached hydrogens (tertiary/aromatic N) is 4. The highest BCUT2D eigenvalue weighted by Gasteiger charge is 2.32. The van der Waals surface area contributed by atoms with Gasteiger partial charge in [0.05, 0.1) is 22.4 Å². The van der Waals surface area contributed by atoms with Gasteiger partial charge in [0, 0.05) is 40.1 Å². The molecule has 164 valence electrons. The predicted molar refractivity (Wildman–Crippen MR) is 128 cm³/mol. The van der Waals surface area contributed by atoms with Gasteiger partial charge in [0.2, 0.25) is 5.13 Å². The van der Waals surface area contributed by atoms with Crippen molar-refractivity contribution in [2.45, 2.75) is 12.5 Å². The number of aromatic nitrogens is 1. The molecule has 9 heteroatoms. The first-order chi connectivity index (χ1) is 16.0. The van der Waals surface area contributed by atoms with Crippen LogP contribution in [0.15, 0.2) is 83.3 Å². The number of anilines is 1. The highest BCUT2D eigenvalue weighted by Crippen LogP contribution is 2.39. The first-order valence-electron chi connectivity index (χ1n) is 10.1. The molecule has 0 amide bonds. The van der Waals surface area contributed by atoms with Crippen LogP contribution in [0, 0.1) is 15.9 Å². The molecule has 0 spiro atoms. The molecule has 0 fully saturated rings. The van der Waals surface area contributed by atoms with E-state index in [-0.39, 0.29) is 17.5 Å². The van der Waals surface area contributed by atoms with Gasteiger partial charge in [-0.1, -0.05) is 48.0 Å². The van der Waals surface area contributed by atoms with Crippen molar-refractivity contribution in [3.8, 4) is 11.3 Å². The van der Waals surface area contributed by atoms with Gasteiger partial charge < -0.3 is 0 Å². The van der Waals surface area contributed by atoms with Crippen molar-refractivity contribution in [2.75, 3.05) is 5.01 Å². The van der Waals surface area contributed by atoms with Crippen molar-refractivity contribution in [3.05, 3.63) is 110 Å². The molecular weight excluding hydrogens is 463 g/mol. The summed E-state index contributed by atoms with van der Waals surface area (Å²) < 4.78 is 13.5. The fraction of sp³-hybridized carbons (Fsp3) is 0.0833. The van der Waals surface area contributed by atoms with E-state index in [0.717, 1.165) is 16.8 Å². The molecule has 1 aliphatic rings. The SMILES string of the molecule is O=[N+]([O-])c1cccc(C2=NN(c3nc(-c4ccc(Cl)cc4)cs3)[C@@H](c3ccc(F)cc3)C2)c1. The van der Waals surface area contributed by atoms with Crippen LogP contribution < -0.4 is 5.01 Å². The van der Waals surface area contributed by atoms with E-state index < -0.39 is 4.92 Å². The molecule has 6 nitrogen and oxygen atoms in total. The second-order valence-electron chi connectivity index (χ2n) is 7.49. The monoisotopic (exact) mass is 478 g/mol. The molecule has 3 aromatic carbocycles. The molecular formula is C24H16ClFN4O2S. The van der Waals surface area contributed by atoms with E-state index in [1.54, 1.807) is 24.3 Å². The number of nitro groups is 1. The number of benzene rings is 3. The summed E-state index contributed by atoms with van der Waals surface area (Å²) in [5.41, 5.74) is 3.99. The van der Waals surface area contributed by atoms with E-state index in [2.05, 4.69) is 0 Å². The lowest BCUT2D eigenvalue weighted by Gasteiger charge is -2.21. The fourth-order valence-electron chi connectivity index (χ4n) is 3.73. The minimum absolute atomic E-state index is 0.00579. The maximum absolute atomic E-state index is 13.5. The molecule has 1 aromatic heterocycles. The summed E-state index contributed by atoms with van der Waals surface area (Å²) in [5.74, 6) is -0.317. The first kappa shape index (κ1) is 21.2. The molecule has 0 aliphatic carbocycles. The molecule has 0 N–H and O–H groups in total. The van der Waals surface area contributed by atoms with Crippen LogP contribution >= 0.6 is 22.9 Å². The summed E-state index contributed by atoms with van der Waals surface area (Å²) in [6.07, 6.45) is 0.503. The minimum atomic E-state index is -0.423. The summed E-state index contributed by atoms with van der Waals surface area (Å²) in [6.45, 7) is 0. The number of hydrogen-bond donors (Lipinski definition) is 0. The number of halogens is 2. The quantitative estimate of drug-likeness (QED) is 0.232. The zero-order chi connectivity index (χ0) is 22.9. The molecule has 1 atom stereocenters. The number of hydrogen-bond acceptors (Lipinski definition) is 6. The Balaban J connectivity index is 1.54. The van der Waals surface area contributed by atoms with E-state index in [9.17, 15) is 14.5 Å². The average molecular weight is 479 g/mol. The Morgan fingerprint density at radius 2 is 1.82 bits per heavy atom. The van der Waals surface area contributed by atoms with Crippen LogP contribution in [-0.2, 0) is 0 Å². The highest BCUT2D eigenvalue weighted by atomic mass is 35.5. The van der Waals surface area contributed by atoms with Crippen molar-refractivity contribution in [1.29, 1.82) is 0 Å². The van der Waals surface area contributed by atoms with Crippen LogP contribution in [0.25, 0.3) is 11.3 Å². The molecule has 2 heterocycles. The minimum Gasteiger partial charge on any atom is -0.258 e. The Labute approximate surface area is 197 Å². The second kappa shape index (κ2) is 8.73. The number of rotatable bonds is 5. The molecule has 0 unspecified atom stereocenters. The third-order valence-electron chi connectivity index (χ3n) is 5.38. The van der Waals surface area contributed by atoms with Crippen LogP contribution in [0.5, 0.6) is 0 Å². The lowest BCUT2D eigenvalue weighted by atomic mass is 9.98. The Bertz CT molecular complexity index is 1360. The third kappa shape index (κ3) is 4.35. The molecule has 5 rings (SSSR count). The highest BCUT2D eigenvalue weighted by molar-refractivity contribution is 7.14. The van der Waals surface area contributed by atoms with Gasteiger partial charge in [-0.3, -0.25) is 10.1 Å². The molecule has 4 aromatic rings. The Morgan fingerprint density at radius 1 is 1.06 bits per heavy atom. The first-order valence-corrected chi connectivity index (χ1v) is 11.3. The van der Waals surface area contributed by atoms with Gasteiger partial charge in [0.1, 0.15) is 5.82 Å². The molecule has 0 saturated heterocycles. The zero-order valence-corrected chi connectivity index (χ0v) is 18.6. The third-order valence-corrected chi connectivity index (χ3v) is 6.47. The topological polar surface area (TPSA) is 71.6 Å². The number of hydrazone groups is 1. The number of nitro benzene ring substituents is 1. The standard InChI is InChI=1S/C24H16ClFN4O2S/c25-18-8-4-15(5-9-18)22-14-33-24(27-22)29-23(16-6-10-19(26)11-7-16)13-21(28-29)17-2-1-3-20(12-17)30(31)32/h1-12,14,23H,13H2/t23-/m1/s1. The van der Waals surface area contributed by atoms with Crippen LogP contribution in [0.1, 0.15) is 23.6 Å². The van der Waals surface area contributed by atoms with Gasteiger partial charge >= 0.3 is 0 Å². The van der Waals surface area contributed by atoms with Gasteiger partial charge in [-0.2, -0.15) is 5.10 Å². The van der Waals surface area contributed by atoms with E-state index in [1.165, 1.54) is 35.6 Å². The summed E-state index contributed by atoms with van der Waals surface area (Å²) >= 11 is 7.44. The summed E-state index contributed by atoms with van der Waals surface area (Å²) in [4.78, 5) is 15.6. The van der Waals surface area contributed by atoms with Gasteiger partial charge in [0.15, 0.2) is 0 Å². The predicted octanol–water partition coefficient (Wildman–Crippen LogP) is 6.87. The number of thiazole rings is 1. The Morgan fingerprint density at radius 3 is 2.55 bits per heavy atom. The van der Waals surface area contributed by atoms with Crippen molar-refractivity contribution in [2.24, 2.45) is 5.10 Å². The molecule has 0 bridgehead atoms. The molecule has 0 saturated carbocycles. The van der Waals surface area contributed by atoms with Gasteiger partial charge in [-0.25, -0.2) is 14.4 Å². The molecule has 1 aliphatic heterocycles. The molecule has 33 heavy (non-hydrogen) atoms. The van der Waals surface area contributed by atoms with E-state index in [1.807, 2.05) is 34.7 Å². The van der Waals surface area contributed by atoms with Crippen molar-refractivity contribution >= 4 is 39.5 Å². The average Bonchev–Trinajstić information content (AvgIpc) is 3.48. The maximum Gasteiger partial charge on any atom is 0.270 e. The van der Waals surface area contributed by atoms with E-state index in [4.69, 9.17) is 21.7 Å². The maximum atomic E-state index is 13.5. The van der Waals surface area contributed by atoms with Gasteiger partial charge in [0.25, 0.3) is 5.69 Å². The fourth-order valence-corrected chi connectivity index (χ4v) is 4.69. The second-order valence-corrected chi connectivity index (χ2v) is 8.77. The van der Waals surface area contributed by atoms with E-state index in [0.29, 0.717) is 27.9 Å². The summed E-state index contributed by atoms with van der Waals surface area (Å²) in [7, 11) is 0. The number of non-ortho nitro benzene ring substituents is 1. The smallest absolute Gasteiger partial charge is 0.258 e. The lowest BCUT2D eigenvalue weighted by Crippen LogP contribution is -2.18. The lowest BCUT2D eigenvalue weighted by molar-refractivity contribution is -0.384. The normalized spacial score (nSPS) is 15.5. The van der Waals surface area contributed by atoms with E-state index >= 15 is 0 Å². The largest absolute Gasteiger partial charge is 0.270 e. The van der Waals surface area contributed by atoms with Gasteiger partial charge in [-0.05, 0) is 29.8 Å². The van der Waals surface area contributed by atoms with Crippen LogP contribution in [-0.4, -0.2) is 15.6 Å².